The van der Waals surface area contributed by atoms with Crippen LogP contribution in [0.1, 0.15) is 13.8 Å². The summed E-state index contributed by atoms with van der Waals surface area (Å²) in [7, 11) is 0. The third-order valence-electron chi connectivity index (χ3n) is 1.41. The van der Waals surface area contributed by atoms with Crippen LogP contribution < -0.4 is 5.73 Å². The third kappa shape index (κ3) is 5.24. The average Bonchev–Trinajstić information content (AvgIpc) is 2.23. The number of aliphatic hydroxyl groups is 2. The first-order valence-electron chi connectivity index (χ1n) is 4.42. The van der Waals surface area contributed by atoms with E-state index in [2.05, 4.69) is 14.5 Å². The Balaban J connectivity index is 4.40. The molecule has 0 aliphatic rings. The van der Waals surface area contributed by atoms with Crippen molar-refractivity contribution in [1.82, 2.24) is 0 Å². The zero-order chi connectivity index (χ0) is 13.6. The lowest BCUT2D eigenvalue weighted by Gasteiger charge is -2.21. The summed E-state index contributed by atoms with van der Waals surface area (Å²) in [5.74, 6) is -6.37. The molecule has 2 atom stereocenters. The number of rotatable bonds is 4. The molecule has 0 fully saturated rings. The minimum Gasteiger partial charge on any atom is -0.420 e. The quantitative estimate of drug-likeness (QED) is 0.215. The van der Waals surface area contributed by atoms with E-state index < -0.39 is 36.3 Å². The van der Waals surface area contributed by atoms with Gasteiger partial charge in [-0.15, -0.1) is 0 Å². The zero-order valence-electron chi connectivity index (χ0n) is 9.21. The normalized spacial score (nSPS) is 15.4. The summed E-state index contributed by atoms with van der Waals surface area (Å²) in [6, 6.07) is -1.41. The number of esters is 1. The van der Waals surface area contributed by atoms with Crippen molar-refractivity contribution in [1.29, 1.82) is 0 Å². The highest BCUT2D eigenvalue weighted by Crippen LogP contribution is 2.10. The largest absolute Gasteiger partial charge is 0.426 e. The molecule has 0 amide bonds. The van der Waals surface area contributed by atoms with Gasteiger partial charge in [0.15, 0.2) is 0 Å². The molecule has 9 heteroatoms. The number of ether oxygens (including phenoxy) is 1. The van der Waals surface area contributed by atoms with Crippen molar-refractivity contribution < 1.29 is 39.1 Å². The molecule has 0 spiro atoms. The first-order valence-corrected chi connectivity index (χ1v) is 4.42. The number of carbonyl (C=O) groups is 3. The van der Waals surface area contributed by atoms with Crippen molar-refractivity contribution in [2.45, 2.75) is 25.7 Å². The maximum atomic E-state index is 11.1. The SMILES string of the molecule is CC(=O)OOC(=O)C(C)(O)OC(=O)C(N)CO. The molecule has 0 aliphatic heterocycles. The molecule has 0 saturated carbocycles. The van der Waals surface area contributed by atoms with Gasteiger partial charge in [0.25, 0.3) is 0 Å². The number of hydrogen-bond donors (Lipinski definition) is 3. The van der Waals surface area contributed by atoms with E-state index in [0.717, 1.165) is 13.8 Å². The number of carbonyl (C=O) groups excluding carboxylic acids is 3. The summed E-state index contributed by atoms with van der Waals surface area (Å²) in [5.41, 5.74) is 5.07. The molecule has 0 aliphatic carbocycles. The Morgan fingerprint density at radius 3 is 2.29 bits per heavy atom. The van der Waals surface area contributed by atoms with Crippen molar-refractivity contribution in [3.05, 3.63) is 0 Å². The Bertz CT molecular complexity index is 313. The molecule has 0 aromatic carbocycles. The van der Waals surface area contributed by atoms with Crippen LogP contribution in [0.4, 0.5) is 0 Å². The second-order valence-electron chi connectivity index (χ2n) is 3.14. The molecule has 0 bridgehead atoms. The van der Waals surface area contributed by atoms with Gasteiger partial charge in [-0.25, -0.2) is 19.4 Å². The summed E-state index contributed by atoms with van der Waals surface area (Å²) in [5, 5.41) is 17.9. The molecule has 0 saturated heterocycles. The molecule has 17 heavy (non-hydrogen) atoms. The number of nitrogens with two attached hydrogens (primary N) is 1. The fourth-order valence-corrected chi connectivity index (χ4v) is 0.562. The first kappa shape index (κ1) is 15.3. The first-order chi connectivity index (χ1) is 7.70. The number of hydrogen-bond acceptors (Lipinski definition) is 9. The van der Waals surface area contributed by atoms with Crippen LogP contribution in [0.15, 0.2) is 0 Å². The molecule has 98 valence electrons. The lowest BCUT2D eigenvalue weighted by Crippen LogP contribution is -2.47. The van der Waals surface area contributed by atoms with Crippen LogP contribution in [0.3, 0.4) is 0 Å². The molecule has 0 heterocycles. The highest BCUT2D eigenvalue weighted by molar-refractivity contribution is 5.83. The van der Waals surface area contributed by atoms with Gasteiger partial charge in [0.05, 0.1) is 6.61 Å². The van der Waals surface area contributed by atoms with E-state index in [1.807, 2.05) is 0 Å². The molecule has 2 unspecified atom stereocenters. The Morgan fingerprint density at radius 2 is 1.88 bits per heavy atom. The van der Waals surface area contributed by atoms with Crippen LogP contribution in [0.2, 0.25) is 0 Å². The maximum absolute atomic E-state index is 11.1. The van der Waals surface area contributed by atoms with Crippen LogP contribution in [0, 0.1) is 0 Å². The third-order valence-corrected chi connectivity index (χ3v) is 1.41. The number of aliphatic hydroxyl groups excluding tert-OH is 1. The molecule has 0 radical (unpaired) electrons. The van der Waals surface area contributed by atoms with E-state index in [1.165, 1.54) is 0 Å². The predicted octanol–water partition coefficient (Wildman–Crippen LogP) is -2.42. The van der Waals surface area contributed by atoms with Gasteiger partial charge >= 0.3 is 23.7 Å². The van der Waals surface area contributed by atoms with Gasteiger partial charge in [-0.2, -0.15) is 0 Å². The van der Waals surface area contributed by atoms with Gasteiger partial charge in [0.1, 0.15) is 6.04 Å². The molecule has 0 aromatic heterocycles. The van der Waals surface area contributed by atoms with Crippen molar-refractivity contribution in [3.63, 3.8) is 0 Å². The van der Waals surface area contributed by atoms with E-state index in [1.54, 1.807) is 0 Å². The highest BCUT2D eigenvalue weighted by atomic mass is 17.2. The fourth-order valence-electron chi connectivity index (χ4n) is 0.562. The van der Waals surface area contributed by atoms with Gasteiger partial charge in [-0.05, 0) is 0 Å². The van der Waals surface area contributed by atoms with Gasteiger partial charge in [-0.1, -0.05) is 0 Å². The standard InChI is InChI=1S/C8H13NO8/c1-4(11)16-17-7(13)8(2,14)15-6(12)5(9)3-10/h5,10,14H,3,9H2,1-2H3. The van der Waals surface area contributed by atoms with Gasteiger partial charge in [0.2, 0.25) is 0 Å². The molecular formula is C8H13NO8. The summed E-state index contributed by atoms with van der Waals surface area (Å²) in [6.45, 7) is 1.00. The molecule has 4 N–H and O–H groups in total. The summed E-state index contributed by atoms with van der Waals surface area (Å²) in [4.78, 5) is 40.1. The van der Waals surface area contributed by atoms with E-state index in [0.29, 0.717) is 0 Å². The smallest absolute Gasteiger partial charge is 0.420 e. The highest BCUT2D eigenvalue weighted by Gasteiger charge is 2.39. The Hall–Kier alpha value is -1.71. The Labute approximate surface area is 96.0 Å². The molecule has 0 aromatic rings. The van der Waals surface area contributed by atoms with E-state index in [-0.39, 0.29) is 0 Å². The van der Waals surface area contributed by atoms with Crippen LogP contribution in [0.5, 0.6) is 0 Å². The molecular weight excluding hydrogens is 238 g/mol. The Kier molecular flexibility index (Phi) is 5.51. The summed E-state index contributed by atoms with van der Waals surface area (Å²) in [6.07, 6.45) is 0. The lowest BCUT2D eigenvalue weighted by molar-refractivity contribution is -0.288. The van der Waals surface area contributed by atoms with Gasteiger partial charge in [-0.3, -0.25) is 4.79 Å². The summed E-state index contributed by atoms with van der Waals surface area (Å²) >= 11 is 0. The second-order valence-corrected chi connectivity index (χ2v) is 3.14. The van der Waals surface area contributed by atoms with Crippen LogP contribution in [-0.4, -0.2) is 46.6 Å². The monoisotopic (exact) mass is 251 g/mol. The minimum atomic E-state index is -2.68. The van der Waals surface area contributed by atoms with Crippen LogP contribution in [0.25, 0.3) is 0 Å². The Morgan fingerprint density at radius 1 is 1.35 bits per heavy atom. The van der Waals surface area contributed by atoms with Gasteiger partial charge in [0, 0.05) is 13.8 Å². The summed E-state index contributed by atoms with van der Waals surface area (Å²) < 4.78 is 4.25. The minimum absolute atomic E-state index is 0.728. The van der Waals surface area contributed by atoms with Crippen LogP contribution >= 0.6 is 0 Å². The van der Waals surface area contributed by atoms with E-state index >= 15 is 0 Å². The maximum Gasteiger partial charge on any atom is 0.426 e. The predicted molar refractivity (Wildman–Crippen MR) is 49.6 cm³/mol. The van der Waals surface area contributed by atoms with Crippen molar-refractivity contribution in [2.24, 2.45) is 5.73 Å². The fraction of sp³-hybridized carbons (Fsp3) is 0.625. The van der Waals surface area contributed by atoms with Crippen LogP contribution in [-0.2, 0) is 28.9 Å². The molecule has 0 rings (SSSR count). The average molecular weight is 251 g/mol. The lowest BCUT2D eigenvalue weighted by atomic mass is 10.3. The molecule has 9 nitrogen and oxygen atoms in total. The van der Waals surface area contributed by atoms with E-state index in [9.17, 15) is 19.5 Å². The van der Waals surface area contributed by atoms with Crippen molar-refractivity contribution in [3.8, 4) is 0 Å². The van der Waals surface area contributed by atoms with Gasteiger partial charge < -0.3 is 20.7 Å². The van der Waals surface area contributed by atoms with E-state index in [4.69, 9.17) is 10.8 Å². The zero-order valence-corrected chi connectivity index (χ0v) is 9.21. The van der Waals surface area contributed by atoms with Crippen molar-refractivity contribution >= 4 is 17.9 Å². The topological polar surface area (TPSA) is 145 Å². The second kappa shape index (κ2) is 6.13. The van der Waals surface area contributed by atoms with Crippen molar-refractivity contribution in [2.75, 3.05) is 6.61 Å².